The van der Waals surface area contributed by atoms with Crippen molar-refractivity contribution in [3.05, 3.63) is 12.2 Å². The molecule has 1 fully saturated rings. The molecule has 2 heteroatoms. The second-order valence-electron chi connectivity index (χ2n) is 3.90. The maximum absolute atomic E-state index is 4.08. The lowest BCUT2D eigenvalue weighted by Gasteiger charge is -2.24. The van der Waals surface area contributed by atoms with E-state index in [0.717, 1.165) is 12.5 Å². The largest absolute Gasteiger partial charge is 0.310 e. The molecule has 0 spiro atoms. The fourth-order valence-electron chi connectivity index (χ4n) is 1.86. The Balaban J connectivity index is 2.40. The van der Waals surface area contributed by atoms with Gasteiger partial charge in [0.15, 0.2) is 0 Å². The van der Waals surface area contributed by atoms with Crippen molar-refractivity contribution in [3.8, 4) is 0 Å². The van der Waals surface area contributed by atoms with Crippen molar-refractivity contribution in [1.82, 2.24) is 5.32 Å². The molecule has 1 nitrogen and oxygen atoms in total. The molecule has 76 valence electrons. The number of rotatable bonds is 5. The molecule has 0 saturated carbocycles. The number of hydrogen-bond acceptors (Lipinski definition) is 2. The lowest BCUT2D eigenvalue weighted by molar-refractivity contribution is 0.426. The fourth-order valence-corrected chi connectivity index (χ4v) is 3.16. The van der Waals surface area contributed by atoms with Gasteiger partial charge >= 0.3 is 0 Å². The van der Waals surface area contributed by atoms with Crippen LogP contribution in [0.4, 0.5) is 0 Å². The number of thioether (sulfide) groups is 1. The Morgan fingerprint density at radius 2 is 2.46 bits per heavy atom. The van der Waals surface area contributed by atoms with Gasteiger partial charge in [0, 0.05) is 6.04 Å². The smallest absolute Gasteiger partial charge is 0.0310 e. The van der Waals surface area contributed by atoms with Crippen LogP contribution < -0.4 is 5.32 Å². The van der Waals surface area contributed by atoms with Gasteiger partial charge in [-0.3, -0.25) is 0 Å². The van der Waals surface area contributed by atoms with E-state index in [2.05, 4.69) is 37.5 Å². The average molecular weight is 199 g/mol. The first-order chi connectivity index (χ1) is 6.25. The maximum Gasteiger partial charge on any atom is 0.0310 e. The zero-order valence-corrected chi connectivity index (χ0v) is 9.62. The zero-order valence-electron chi connectivity index (χ0n) is 8.81. The molecule has 2 unspecified atom stereocenters. The molecule has 1 heterocycles. The molecule has 0 amide bonds. The van der Waals surface area contributed by atoms with E-state index in [1.54, 1.807) is 0 Å². The highest BCUT2D eigenvalue weighted by Gasteiger charge is 2.24. The molecule has 1 N–H and O–H groups in total. The normalized spacial score (nSPS) is 24.6. The van der Waals surface area contributed by atoms with E-state index in [1.165, 1.54) is 29.9 Å². The van der Waals surface area contributed by atoms with E-state index in [1.807, 2.05) is 0 Å². The van der Waals surface area contributed by atoms with Gasteiger partial charge in [0.1, 0.15) is 0 Å². The standard InChI is InChI=1S/C11H21NS/c1-4-6-12-11(9(2)3)10-5-7-13-8-10/h10-12H,2,4-8H2,1,3H3. The Kier molecular flexibility index (Phi) is 4.89. The van der Waals surface area contributed by atoms with Crippen LogP contribution in [0.2, 0.25) is 0 Å². The highest BCUT2D eigenvalue weighted by Crippen LogP contribution is 2.28. The van der Waals surface area contributed by atoms with Gasteiger partial charge in [-0.25, -0.2) is 0 Å². The molecule has 0 radical (unpaired) electrons. The molecule has 1 aliphatic rings. The molecule has 0 bridgehead atoms. The van der Waals surface area contributed by atoms with Crippen LogP contribution >= 0.6 is 11.8 Å². The summed E-state index contributed by atoms with van der Waals surface area (Å²) in [7, 11) is 0. The van der Waals surface area contributed by atoms with Crippen molar-refractivity contribution in [2.75, 3.05) is 18.1 Å². The molecule has 2 atom stereocenters. The monoisotopic (exact) mass is 199 g/mol. The minimum atomic E-state index is 0.565. The van der Waals surface area contributed by atoms with Crippen LogP contribution in [0.25, 0.3) is 0 Å². The fraction of sp³-hybridized carbons (Fsp3) is 0.818. The van der Waals surface area contributed by atoms with E-state index < -0.39 is 0 Å². The third-order valence-corrected chi connectivity index (χ3v) is 3.77. The zero-order chi connectivity index (χ0) is 9.68. The van der Waals surface area contributed by atoms with E-state index in [9.17, 15) is 0 Å². The Morgan fingerprint density at radius 1 is 1.69 bits per heavy atom. The lowest BCUT2D eigenvalue weighted by Crippen LogP contribution is -2.37. The van der Waals surface area contributed by atoms with Crippen molar-refractivity contribution in [1.29, 1.82) is 0 Å². The first-order valence-corrected chi connectivity index (χ1v) is 6.37. The van der Waals surface area contributed by atoms with Crippen molar-refractivity contribution in [2.45, 2.75) is 32.7 Å². The van der Waals surface area contributed by atoms with Crippen LogP contribution in [-0.4, -0.2) is 24.1 Å². The van der Waals surface area contributed by atoms with Crippen molar-refractivity contribution < 1.29 is 0 Å². The second-order valence-corrected chi connectivity index (χ2v) is 5.05. The molecule has 0 aromatic heterocycles. The SMILES string of the molecule is C=C(C)C(NCCC)C1CCSC1. The third-order valence-electron chi connectivity index (χ3n) is 2.58. The van der Waals surface area contributed by atoms with Gasteiger partial charge < -0.3 is 5.32 Å². The van der Waals surface area contributed by atoms with Gasteiger partial charge in [0.25, 0.3) is 0 Å². The predicted octanol–water partition coefficient (Wildman–Crippen LogP) is 2.68. The molecule has 1 aliphatic heterocycles. The molecule has 0 aromatic carbocycles. The lowest BCUT2D eigenvalue weighted by atomic mass is 9.94. The minimum absolute atomic E-state index is 0.565. The van der Waals surface area contributed by atoms with Crippen LogP contribution in [0.3, 0.4) is 0 Å². The van der Waals surface area contributed by atoms with E-state index in [0.29, 0.717) is 6.04 Å². The molecular weight excluding hydrogens is 178 g/mol. The summed E-state index contributed by atoms with van der Waals surface area (Å²) >= 11 is 2.08. The number of hydrogen-bond donors (Lipinski definition) is 1. The Bertz CT molecular complexity index is 161. The van der Waals surface area contributed by atoms with E-state index in [4.69, 9.17) is 0 Å². The van der Waals surface area contributed by atoms with Crippen LogP contribution in [0.1, 0.15) is 26.7 Å². The topological polar surface area (TPSA) is 12.0 Å². The summed E-state index contributed by atoms with van der Waals surface area (Å²) < 4.78 is 0. The van der Waals surface area contributed by atoms with Crippen molar-refractivity contribution in [3.63, 3.8) is 0 Å². The summed E-state index contributed by atoms with van der Waals surface area (Å²) in [5.74, 6) is 3.48. The second kappa shape index (κ2) is 5.71. The van der Waals surface area contributed by atoms with Crippen LogP contribution in [0, 0.1) is 5.92 Å². The predicted molar refractivity (Wildman–Crippen MR) is 62.3 cm³/mol. The Morgan fingerprint density at radius 3 is 2.92 bits per heavy atom. The first kappa shape index (κ1) is 11.1. The molecule has 1 rings (SSSR count). The summed E-state index contributed by atoms with van der Waals surface area (Å²) in [4.78, 5) is 0. The van der Waals surface area contributed by atoms with Crippen LogP contribution in [0.15, 0.2) is 12.2 Å². The van der Waals surface area contributed by atoms with Gasteiger partial charge in [0.2, 0.25) is 0 Å². The van der Waals surface area contributed by atoms with Gasteiger partial charge in [-0.05, 0) is 43.7 Å². The Labute approximate surface area is 86.4 Å². The Hall–Kier alpha value is 0.0500. The minimum Gasteiger partial charge on any atom is -0.310 e. The quantitative estimate of drug-likeness (QED) is 0.683. The number of nitrogens with one attached hydrogen (secondary N) is 1. The summed E-state index contributed by atoms with van der Waals surface area (Å²) in [6, 6.07) is 0.565. The first-order valence-electron chi connectivity index (χ1n) is 5.22. The molecular formula is C11H21NS. The molecule has 13 heavy (non-hydrogen) atoms. The summed E-state index contributed by atoms with van der Waals surface area (Å²) in [5, 5.41) is 3.60. The third kappa shape index (κ3) is 3.35. The van der Waals surface area contributed by atoms with Gasteiger partial charge in [0.05, 0.1) is 0 Å². The van der Waals surface area contributed by atoms with Crippen molar-refractivity contribution in [2.24, 2.45) is 5.92 Å². The molecule has 0 aromatic rings. The van der Waals surface area contributed by atoms with Crippen molar-refractivity contribution >= 4 is 11.8 Å². The maximum atomic E-state index is 4.08. The van der Waals surface area contributed by atoms with Gasteiger partial charge in [-0.1, -0.05) is 19.1 Å². The van der Waals surface area contributed by atoms with E-state index in [-0.39, 0.29) is 0 Å². The van der Waals surface area contributed by atoms with Gasteiger partial charge in [-0.2, -0.15) is 11.8 Å². The van der Waals surface area contributed by atoms with Crippen LogP contribution in [-0.2, 0) is 0 Å². The summed E-state index contributed by atoms with van der Waals surface area (Å²) in [5.41, 5.74) is 1.31. The molecule has 1 saturated heterocycles. The highest BCUT2D eigenvalue weighted by molar-refractivity contribution is 7.99. The summed E-state index contributed by atoms with van der Waals surface area (Å²) in [6.45, 7) is 9.57. The van der Waals surface area contributed by atoms with Gasteiger partial charge in [-0.15, -0.1) is 0 Å². The highest BCUT2D eigenvalue weighted by atomic mass is 32.2. The van der Waals surface area contributed by atoms with E-state index >= 15 is 0 Å². The van der Waals surface area contributed by atoms with Crippen LogP contribution in [0.5, 0.6) is 0 Å². The molecule has 0 aliphatic carbocycles. The average Bonchev–Trinajstić information content (AvgIpc) is 2.57. The summed E-state index contributed by atoms with van der Waals surface area (Å²) in [6.07, 6.45) is 2.57.